The van der Waals surface area contributed by atoms with Gasteiger partial charge < -0.3 is 14.4 Å². The second-order valence-corrected chi connectivity index (χ2v) is 9.17. The van der Waals surface area contributed by atoms with Gasteiger partial charge >= 0.3 is 0 Å². The van der Waals surface area contributed by atoms with Crippen LogP contribution in [0.1, 0.15) is 11.1 Å². The van der Waals surface area contributed by atoms with E-state index in [0.29, 0.717) is 54.9 Å². The fourth-order valence-corrected chi connectivity index (χ4v) is 4.27. The molecule has 0 aliphatic carbocycles. The minimum absolute atomic E-state index is 0.0518. The van der Waals surface area contributed by atoms with Crippen molar-refractivity contribution in [1.29, 1.82) is 5.26 Å². The summed E-state index contributed by atoms with van der Waals surface area (Å²) < 4.78 is 13.1. The van der Waals surface area contributed by atoms with Gasteiger partial charge in [0.15, 0.2) is 0 Å². The van der Waals surface area contributed by atoms with Crippen molar-refractivity contribution in [3.63, 3.8) is 0 Å². The molecule has 1 saturated heterocycles. The Morgan fingerprint density at radius 2 is 1.82 bits per heavy atom. The van der Waals surface area contributed by atoms with Crippen molar-refractivity contribution in [3.05, 3.63) is 107 Å². The second kappa shape index (κ2) is 11.8. The smallest absolute Gasteiger partial charge is 0.264 e. The van der Waals surface area contributed by atoms with E-state index in [1.54, 1.807) is 15.7 Å². The van der Waals surface area contributed by atoms with Gasteiger partial charge in [0.25, 0.3) is 5.91 Å². The van der Waals surface area contributed by atoms with Gasteiger partial charge in [0.2, 0.25) is 0 Å². The highest BCUT2D eigenvalue weighted by atomic mass is 35.5. The van der Waals surface area contributed by atoms with E-state index >= 15 is 0 Å². The number of rotatable bonds is 7. The summed E-state index contributed by atoms with van der Waals surface area (Å²) in [4.78, 5) is 14.7. The maximum Gasteiger partial charge on any atom is 0.264 e. The summed E-state index contributed by atoms with van der Waals surface area (Å²) in [6.45, 7) is 2.23. The number of aromatic nitrogens is 2. The van der Waals surface area contributed by atoms with E-state index in [1.165, 1.54) is 0 Å². The van der Waals surface area contributed by atoms with Crippen LogP contribution < -0.4 is 4.74 Å². The predicted molar refractivity (Wildman–Crippen MR) is 146 cm³/mol. The van der Waals surface area contributed by atoms with E-state index in [0.717, 1.165) is 16.8 Å². The Bertz CT molecular complexity index is 1480. The molecular formula is C30H25ClN4O3. The van der Waals surface area contributed by atoms with Gasteiger partial charge in [-0.3, -0.25) is 4.79 Å². The van der Waals surface area contributed by atoms with Crippen LogP contribution in [-0.2, 0) is 16.1 Å². The maximum absolute atomic E-state index is 13.1. The number of nitriles is 1. The Labute approximate surface area is 226 Å². The van der Waals surface area contributed by atoms with Crippen molar-refractivity contribution in [2.75, 3.05) is 26.3 Å². The summed E-state index contributed by atoms with van der Waals surface area (Å²) in [5, 5.41) is 15.4. The molecule has 1 aliphatic rings. The van der Waals surface area contributed by atoms with Crippen LogP contribution in [0.15, 0.2) is 90.6 Å². The normalized spacial score (nSPS) is 13.7. The first kappa shape index (κ1) is 25.3. The van der Waals surface area contributed by atoms with Gasteiger partial charge in [-0.2, -0.15) is 10.4 Å². The molecule has 0 radical (unpaired) electrons. The van der Waals surface area contributed by atoms with Crippen molar-refractivity contribution in [1.82, 2.24) is 14.7 Å². The summed E-state index contributed by atoms with van der Waals surface area (Å²) >= 11 is 5.98. The Hall–Kier alpha value is -4.38. The van der Waals surface area contributed by atoms with Crippen LogP contribution in [0.5, 0.6) is 5.75 Å². The van der Waals surface area contributed by atoms with E-state index < -0.39 is 0 Å². The molecule has 0 N–H and O–H groups in total. The lowest BCUT2D eigenvalue weighted by atomic mass is 10.1. The molecule has 0 saturated carbocycles. The predicted octanol–water partition coefficient (Wildman–Crippen LogP) is 5.54. The third-order valence-electron chi connectivity index (χ3n) is 6.14. The molecular weight excluding hydrogens is 500 g/mol. The van der Waals surface area contributed by atoms with Crippen molar-refractivity contribution in [2.24, 2.45) is 0 Å². The molecule has 0 bridgehead atoms. The number of carbonyl (C=O) groups is 1. The highest BCUT2D eigenvalue weighted by molar-refractivity contribution is 6.30. The van der Waals surface area contributed by atoms with Gasteiger partial charge in [0.05, 0.1) is 18.9 Å². The molecule has 5 rings (SSSR count). The number of hydrogen-bond donors (Lipinski definition) is 0. The van der Waals surface area contributed by atoms with Crippen LogP contribution >= 0.6 is 11.6 Å². The number of morpholine rings is 1. The van der Waals surface area contributed by atoms with Gasteiger partial charge in [-0.05, 0) is 48.0 Å². The number of para-hydroxylation sites is 1. The first-order valence-electron chi connectivity index (χ1n) is 12.2. The lowest BCUT2D eigenvalue weighted by molar-refractivity contribution is -0.130. The van der Waals surface area contributed by atoms with Gasteiger partial charge in [-0.15, -0.1) is 0 Å². The summed E-state index contributed by atoms with van der Waals surface area (Å²) in [5.74, 6) is 0.362. The van der Waals surface area contributed by atoms with Crippen molar-refractivity contribution >= 4 is 23.6 Å². The lowest BCUT2D eigenvalue weighted by Gasteiger charge is -2.26. The van der Waals surface area contributed by atoms with Crippen molar-refractivity contribution < 1.29 is 14.3 Å². The molecule has 0 unspecified atom stereocenters. The lowest BCUT2D eigenvalue weighted by Crippen LogP contribution is -2.41. The number of amides is 1. The molecule has 1 fully saturated rings. The maximum atomic E-state index is 13.1. The number of carbonyl (C=O) groups excluding carboxylic acids is 1. The standard InChI is InChI=1S/C30H25ClN4O3/c31-26-11-9-22(10-12-26)21-38-28-8-4-5-23(18-28)29-25(20-35(33-29)27-6-2-1-3-7-27)17-24(19-32)30(36)34-13-15-37-16-14-34/h1-12,17-18,20H,13-16,21H2. The number of hydrogen-bond acceptors (Lipinski definition) is 5. The van der Waals surface area contributed by atoms with Gasteiger partial charge in [-0.1, -0.05) is 54.1 Å². The van der Waals surface area contributed by atoms with E-state index in [1.807, 2.05) is 85.1 Å². The SMILES string of the molecule is N#CC(=Cc1cn(-c2ccccc2)nc1-c1cccc(OCc2ccc(Cl)cc2)c1)C(=O)N1CCOCC1. The first-order chi connectivity index (χ1) is 18.6. The molecule has 2 heterocycles. The Kier molecular flexibility index (Phi) is 7.84. The topological polar surface area (TPSA) is 80.4 Å². The molecule has 4 aromatic rings. The Morgan fingerprint density at radius 1 is 1.05 bits per heavy atom. The molecule has 7 nitrogen and oxygen atoms in total. The monoisotopic (exact) mass is 524 g/mol. The zero-order chi connectivity index (χ0) is 26.3. The molecule has 190 valence electrons. The quantitative estimate of drug-likeness (QED) is 0.234. The van der Waals surface area contributed by atoms with Gasteiger partial charge in [0.1, 0.15) is 29.7 Å². The van der Waals surface area contributed by atoms with E-state index in [9.17, 15) is 10.1 Å². The molecule has 38 heavy (non-hydrogen) atoms. The minimum atomic E-state index is -0.311. The van der Waals surface area contributed by atoms with Gasteiger partial charge in [0, 0.05) is 35.4 Å². The fourth-order valence-electron chi connectivity index (χ4n) is 4.14. The summed E-state index contributed by atoms with van der Waals surface area (Å²) in [5.41, 5.74) is 4.00. The Morgan fingerprint density at radius 3 is 2.55 bits per heavy atom. The molecule has 8 heteroatoms. The second-order valence-electron chi connectivity index (χ2n) is 8.73. The highest BCUT2D eigenvalue weighted by Crippen LogP contribution is 2.29. The molecule has 0 atom stereocenters. The summed E-state index contributed by atoms with van der Waals surface area (Å²) in [7, 11) is 0. The van der Waals surface area contributed by atoms with Crippen molar-refractivity contribution in [2.45, 2.75) is 6.61 Å². The summed E-state index contributed by atoms with van der Waals surface area (Å²) in [6.07, 6.45) is 3.44. The molecule has 0 spiro atoms. The minimum Gasteiger partial charge on any atom is -0.489 e. The fraction of sp³-hybridized carbons (Fsp3) is 0.167. The number of benzene rings is 3. The average Bonchev–Trinajstić information content (AvgIpc) is 3.40. The third kappa shape index (κ3) is 5.94. The number of nitrogens with zero attached hydrogens (tertiary/aromatic N) is 4. The number of halogens is 1. The van der Waals surface area contributed by atoms with Crippen LogP contribution in [-0.4, -0.2) is 46.9 Å². The Balaban J connectivity index is 1.49. The third-order valence-corrected chi connectivity index (χ3v) is 6.39. The van der Waals surface area contributed by atoms with Crippen LogP contribution in [0, 0.1) is 11.3 Å². The summed E-state index contributed by atoms with van der Waals surface area (Å²) in [6, 6.07) is 26.9. The zero-order valence-corrected chi connectivity index (χ0v) is 21.3. The molecule has 1 aromatic heterocycles. The molecule has 1 amide bonds. The molecule has 1 aliphatic heterocycles. The van der Waals surface area contributed by atoms with E-state index in [2.05, 4.69) is 6.07 Å². The average molecular weight is 525 g/mol. The number of ether oxygens (including phenoxy) is 2. The van der Waals surface area contributed by atoms with Crippen LogP contribution in [0.2, 0.25) is 5.02 Å². The van der Waals surface area contributed by atoms with Gasteiger partial charge in [-0.25, -0.2) is 4.68 Å². The van der Waals surface area contributed by atoms with E-state index in [-0.39, 0.29) is 11.5 Å². The first-order valence-corrected chi connectivity index (χ1v) is 12.6. The van der Waals surface area contributed by atoms with Crippen molar-refractivity contribution in [3.8, 4) is 28.8 Å². The van der Waals surface area contributed by atoms with Crippen LogP contribution in [0.4, 0.5) is 0 Å². The van der Waals surface area contributed by atoms with E-state index in [4.69, 9.17) is 26.2 Å². The largest absolute Gasteiger partial charge is 0.489 e. The zero-order valence-electron chi connectivity index (χ0n) is 20.6. The molecule has 3 aromatic carbocycles. The van der Waals surface area contributed by atoms with Crippen LogP contribution in [0.25, 0.3) is 23.0 Å². The van der Waals surface area contributed by atoms with Crippen LogP contribution in [0.3, 0.4) is 0 Å². The highest BCUT2D eigenvalue weighted by Gasteiger charge is 2.22.